The van der Waals surface area contributed by atoms with E-state index in [0.717, 1.165) is 95.4 Å². The molecular weight excluding hydrogens is 1860 g/mol. The van der Waals surface area contributed by atoms with Gasteiger partial charge in [0.05, 0.1) is 139 Å². The van der Waals surface area contributed by atoms with Crippen LogP contribution in [0, 0.1) is 26.3 Å². The highest BCUT2D eigenvalue weighted by molar-refractivity contribution is 9.08. The molecule has 0 fully saturated rings. The van der Waals surface area contributed by atoms with Gasteiger partial charge in [0.1, 0.15) is 29.4 Å². The summed E-state index contributed by atoms with van der Waals surface area (Å²) in [5.74, 6) is 0.473. The molecule has 10 rings (SSSR count). The first-order valence-corrected chi connectivity index (χ1v) is 47.8. The number of alkyl halides is 2. The minimum absolute atomic E-state index is 0. The lowest BCUT2D eigenvalue weighted by Gasteiger charge is -2.08. The molecule has 10 heterocycles. The van der Waals surface area contributed by atoms with E-state index < -0.39 is 35.8 Å². The van der Waals surface area contributed by atoms with Crippen LogP contribution in [0.3, 0.4) is 0 Å². The third-order valence-corrected chi connectivity index (χ3v) is 39.9. The second kappa shape index (κ2) is 49.2. The maximum absolute atomic E-state index is 12.5. The van der Waals surface area contributed by atoms with Gasteiger partial charge in [-0.15, -0.1) is 70.6 Å². The van der Waals surface area contributed by atoms with Crippen LogP contribution >= 0.6 is 244 Å². The van der Waals surface area contributed by atoms with Crippen molar-refractivity contribution in [1.82, 2.24) is 19.9 Å². The van der Waals surface area contributed by atoms with Gasteiger partial charge in [0.15, 0.2) is 0 Å². The number of hydrogen-bond acceptors (Lipinski definition) is 34. The molecule has 568 valence electrons. The lowest BCUT2D eigenvalue weighted by Crippen LogP contribution is -2.08. The van der Waals surface area contributed by atoms with E-state index >= 15 is 0 Å². The number of thioether (sulfide) groups is 18. The molecule has 0 amide bonds. The molecule has 20 nitrogen and oxygen atoms in total. The van der Waals surface area contributed by atoms with Crippen molar-refractivity contribution in [3.05, 3.63) is 222 Å². The molecule has 0 atom stereocenters. The topological polar surface area (TPSA) is 227 Å². The van der Waals surface area contributed by atoms with Crippen LogP contribution in [0.4, 0.5) is 0 Å². The Kier molecular flexibility index (Phi) is 42.4. The van der Waals surface area contributed by atoms with Gasteiger partial charge in [0.25, 0.3) is 0 Å². The molecule has 4 aromatic rings. The summed E-state index contributed by atoms with van der Waals surface area (Å²) in [6, 6.07) is 16.1. The maximum Gasteiger partial charge on any atom is 0.346 e. The smallest absolute Gasteiger partial charge is 0.346 e. The second-order valence-corrected chi connectivity index (χ2v) is 42.4. The van der Waals surface area contributed by atoms with Gasteiger partial charge in [-0.1, -0.05) is 188 Å². The average molecular weight is 1920 g/mol. The average Bonchev–Trinajstić information content (AvgIpc) is 1.65. The summed E-state index contributed by atoms with van der Waals surface area (Å²) in [7, 11) is 7.67. The molecule has 0 saturated heterocycles. The van der Waals surface area contributed by atoms with Gasteiger partial charge < -0.3 is 47.8 Å². The van der Waals surface area contributed by atoms with Crippen molar-refractivity contribution in [1.29, 1.82) is 0 Å². The van der Waals surface area contributed by atoms with E-state index in [2.05, 4.69) is 83.3 Å². The van der Waals surface area contributed by atoms with Gasteiger partial charge in [0.2, 0.25) is 26.2 Å². The first-order chi connectivity index (χ1) is 51.5. The highest BCUT2D eigenvalue weighted by atomic mass is 79.9. The molecule has 0 bridgehead atoms. The van der Waals surface area contributed by atoms with Crippen molar-refractivity contribution in [2.24, 2.45) is 0 Å². The zero-order valence-corrected chi connectivity index (χ0v) is 73.9. The number of hydrogen-bond donors (Lipinski definition) is 0. The Balaban J connectivity index is 0.000000323. The van der Waals surface area contributed by atoms with Crippen molar-refractivity contribution in [2.75, 3.05) is 91.8 Å². The number of ether oxygens (including phenoxy) is 6. The normalized spacial score (nSPS) is 15.1. The molecule has 0 N–H and O–H groups in total. The van der Waals surface area contributed by atoms with Crippen LogP contribution in [-0.2, 0) is 79.4 Å². The van der Waals surface area contributed by atoms with Gasteiger partial charge in [0, 0.05) is 47.0 Å². The predicted molar refractivity (Wildman–Crippen MR) is 478 cm³/mol. The molecule has 40 heteroatoms. The Morgan fingerprint density at radius 2 is 0.528 bits per heavy atom. The Bertz CT molecular complexity index is 4230. The van der Waals surface area contributed by atoms with Crippen molar-refractivity contribution >= 4 is 279 Å². The van der Waals surface area contributed by atoms with Crippen LogP contribution < -0.4 is 0 Å². The minimum atomic E-state index is -0.590. The van der Waals surface area contributed by atoms with Gasteiger partial charge >= 0.3 is 35.8 Å². The van der Waals surface area contributed by atoms with Crippen molar-refractivity contribution in [2.45, 2.75) is 37.0 Å². The van der Waals surface area contributed by atoms with Crippen LogP contribution in [0.5, 0.6) is 0 Å². The fraction of sp³-hybridized carbons (Fsp3) is 0.294. The number of carbonyl (C=O) groups excluding carboxylic acids is 6. The van der Waals surface area contributed by atoms with E-state index in [0.29, 0.717) is 60.7 Å². The van der Waals surface area contributed by atoms with E-state index in [1.54, 1.807) is 154 Å². The summed E-state index contributed by atoms with van der Waals surface area (Å²) < 4.78 is 41.1. The van der Waals surface area contributed by atoms with Crippen LogP contribution in [0.2, 0.25) is 0 Å². The quantitative estimate of drug-likeness (QED) is 0.0169. The number of halogens is 2. The number of rotatable bonds is 28. The Morgan fingerprint density at radius 1 is 0.333 bits per heavy atom. The minimum Gasteiger partial charge on any atom is -0.465 e. The van der Waals surface area contributed by atoms with E-state index in [-0.39, 0.29) is 44.3 Å². The van der Waals surface area contributed by atoms with Crippen molar-refractivity contribution < 1.29 is 57.2 Å². The summed E-state index contributed by atoms with van der Waals surface area (Å²) in [6.07, 6.45) is 7.19. The van der Waals surface area contributed by atoms with Crippen LogP contribution in [0.1, 0.15) is 37.1 Å². The molecule has 6 aliphatic rings. The highest BCUT2D eigenvalue weighted by Gasteiger charge is 2.40. The predicted octanol–water partition coefficient (Wildman–Crippen LogP) is 21.7. The largest absolute Gasteiger partial charge is 0.465 e. The third kappa shape index (κ3) is 26.7. The second-order valence-electron chi connectivity index (χ2n) is 19.6. The van der Waals surface area contributed by atoms with Crippen molar-refractivity contribution in [3.63, 3.8) is 0 Å². The lowest BCUT2D eigenvalue weighted by atomic mass is 10.1. The monoisotopic (exact) mass is 1920 g/mol. The molecule has 0 aliphatic carbocycles. The molecule has 0 saturated carbocycles. The van der Waals surface area contributed by atoms with Crippen LogP contribution in [0.15, 0.2) is 154 Å². The molecular formula is C68H62Br2N8O12S18. The first-order valence-electron chi connectivity index (χ1n) is 29.8. The fourth-order valence-corrected chi connectivity index (χ4v) is 34.0. The Morgan fingerprint density at radius 3 is 0.731 bits per heavy atom. The summed E-state index contributed by atoms with van der Waals surface area (Å²) in [5.41, 5.74) is 7.81. The van der Waals surface area contributed by atoms with Gasteiger partial charge in [-0.3, -0.25) is 19.9 Å². The highest BCUT2D eigenvalue weighted by Crippen LogP contribution is 2.67. The molecule has 0 radical (unpaired) electrons. The Labute approximate surface area is 721 Å². The number of carbonyl (C=O) groups is 6. The van der Waals surface area contributed by atoms with Gasteiger partial charge in [-0.05, 0) is 70.8 Å². The summed E-state index contributed by atoms with van der Waals surface area (Å²) in [5, 5.41) is 1.67. The van der Waals surface area contributed by atoms with E-state index in [1.807, 2.05) is 48.8 Å². The van der Waals surface area contributed by atoms with Crippen molar-refractivity contribution in [3.8, 4) is 22.8 Å². The molecule has 0 unspecified atom stereocenters. The SMILES string of the molecule is BrCc1ccnc(-c2cc(CBr)ccn2)c1.C.C.[C-]#[N+]CCSC1=C(SCC[N+]#[C-])SC(=C2SC(C(=O)OC)=C(C(=O)OC)S2)S1.[C-]#[N+]CCSC1=C(SCc2ccnc(-c3cc(CSC4=C(SCC[N+]#[C-])SC(=C5SC(C(=O)OC)=C(C(=O)OC)S5)S4)ccn3)c2)SC(=C2SC(C(=O)OC)=C(C(=O)OC)S2)S1. The summed E-state index contributed by atoms with van der Waals surface area (Å²) in [4.78, 5) is 107. The molecule has 4 aromatic heterocycles. The number of pyridine rings is 4. The number of esters is 6. The Hall–Kier alpha value is -3.70. The summed E-state index contributed by atoms with van der Waals surface area (Å²) in [6.45, 7) is 30.0. The van der Waals surface area contributed by atoms with E-state index in [9.17, 15) is 28.8 Å². The summed E-state index contributed by atoms with van der Waals surface area (Å²) >= 11 is 33.5. The van der Waals surface area contributed by atoms with Crippen LogP contribution in [0.25, 0.3) is 42.2 Å². The zero-order chi connectivity index (χ0) is 76.1. The first kappa shape index (κ1) is 93.2. The number of nitrogens with zero attached hydrogens (tertiary/aromatic N) is 8. The van der Waals surface area contributed by atoms with Crippen LogP contribution in [-0.4, -0.2) is 148 Å². The number of methoxy groups -OCH3 is 6. The molecule has 6 aliphatic heterocycles. The zero-order valence-electron chi connectivity index (χ0n) is 56.0. The number of aromatic nitrogens is 4. The maximum atomic E-state index is 12.5. The molecule has 0 spiro atoms. The van der Waals surface area contributed by atoms with E-state index in [1.165, 1.54) is 124 Å². The third-order valence-electron chi connectivity index (χ3n) is 12.7. The molecule has 108 heavy (non-hydrogen) atoms. The molecule has 0 aromatic carbocycles. The van der Waals surface area contributed by atoms with E-state index in [4.69, 9.17) is 54.7 Å². The van der Waals surface area contributed by atoms with Gasteiger partial charge in [-0.2, -0.15) is 0 Å². The van der Waals surface area contributed by atoms with Gasteiger partial charge in [-0.25, -0.2) is 55.1 Å². The standard InChI is InChI=1S/C38H30N4O8S12.C16H14N2O4S6.C12H10Br2N2.2CH4/c1-39-11-13-51-31-33(61-37(59-31)35-55-23(27(43)47-3)24(56-35)28(44)48-4)53-17-19-7-9-41-21(15-19)22-16-20(8-10-42-22)18-54-34-32(52-14-12-40-2)60-38(62-34)36-57-25(29(45)49-5)26(58-36)30(46)50-6;1-17-5-7-23-13-14(24-8-6-18-2)28-16(27-13)15-25-9(11(19)21-3)10(26-15)12(20)22-4;13-7-9-1-3-15-11(5-9)12-6-10(8-14)2-4-16-12;;/h7-10,15-16H,11-14,17-18H2,3-6H3;5-8H2,3-4H3;1-6H,7-8H2;2*1H4. The lowest BCUT2D eigenvalue weighted by molar-refractivity contribution is -0.138. The fourth-order valence-electron chi connectivity index (χ4n) is 7.94.